The van der Waals surface area contributed by atoms with Crippen LogP contribution in [0.15, 0.2) is 30.6 Å². The number of nitrogen functional groups attached to an aromatic ring is 1. The zero-order chi connectivity index (χ0) is 15.4. The number of hydrogen-bond acceptors (Lipinski definition) is 6. The highest BCUT2D eigenvalue weighted by Crippen LogP contribution is 2.23. The number of nitrogens with one attached hydrogen (secondary N) is 2. The van der Waals surface area contributed by atoms with Crippen molar-refractivity contribution in [2.45, 2.75) is 0 Å². The third-order valence-corrected chi connectivity index (χ3v) is 2.69. The molecule has 2 rings (SSSR count). The van der Waals surface area contributed by atoms with Crippen LogP contribution in [0.2, 0.25) is 0 Å². The number of carbonyl (C=O) groups is 1. The number of hydrazine groups is 1. The van der Waals surface area contributed by atoms with E-state index in [-0.39, 0.29) is 5.82 Å². The van der Waals surface area contributed by atoms with Crippen molar-refractivity contribution in [1.29, 1.82) is 0 Å². The van der Waals surface area contributed by atoms with Gasteiger partial charge in [-0.05, 0) is 24.3 Å². The smallest absolute Gasteiger partial charge is 0.269 e. The van der Waals surface area contributed by atoms with E-state index in [1.165, 1.54) is 30.6 Å². The highest BCUT2D eigenvalue weighted by atomic mass is 19.1. The predicted molar refractivity (Wildman–Crippen MR) is 78.3 cm³/mol. The third kappa shape index (κ3) is 3.35. The van der Waals surface area contributed by atoms with Crippen LogP contribution in [0.1, 0.15) is 10.4 Å². The van der Waals surface area contributed by atoms with E-state index < -0.39 is 11.7 Å². The second-order valence-electron chi connectivity index (χ2n) is 4.44. The van der Waals surface area contributed by atoms with Gasteiger partial charge in [0.25, 0.3) is 5.91 Å². The van der Waals surface area contributed by atoms with E-state index in [0.29, 0.717) is 17.1 Å². The van der Waals surface area contributed by atoms with Crippen molar-refractivity contribution in [3.63, 3.8) is 0 Å². The standard InChI is InChI=1S/C13H15FN6O/c1-20(2)12-10(15)11(16-7-17-12)18-19-13(21)8-3-5-9(14)6-4-8/h3-7H,15H2,1-2H3,(H,19,21)(H,16,17,18). The van der Waals surface area contributed by atoms with Gasteiger partial charge in [-0.1, -0.05) is 0 Å². The molecule has 1 amide bonds. The monoisotopic (exact) mass is 290 g/mol. The lowest BCUT2D eigenvalue weighted by Crippen LogP contribution is -2.30. The minimum Gasteiger partial charge on any atom is -0.393 e. The number of nitrogens with two attached hydrogens (primary N) is 1. The minimum absolute atomic E-state index is 0.282. The van der Waals surface area contributed by atoms with Crippen molar-refractivity contribution < 1.29 is 9.18 Å². The van der Waals surface area contributed by atoms with Crippen LogP contribution in [0, 0.1) is 5.82 Å². The van der Waals surface area contributed by atoms with E-state index in [2.05, 4.69) is 20.8 Å². The van der Waals surface area contributed by atoms with Gasteiger partial charge in [-0.25, -0.2) is 14.4 Å². The number of rotatable bonds is 4. The van der Waals surface area contributed by atoms with Crippen LogP contribution in [0.3, 0.4) is 0 Å². The molecule has 0 bridgehead atoms. The van der Waals surface area contributed by atoms with Crippen LogP contribution in [-0.4, -0.2) is 30.0 Å². The molecular formula is C13H15FN6O. The van der Waals surface area contributed by atoms with Crippen LogP contribution >= 0.6 is 0 Å². The van der Waals surface area contributed by atoms with Gasteiger partial charge >= 0.3 is 0 Å². The maximum atomic E-state index is 12.8. The Hall–Kier alpha value is -2.90. The van der Waals surface area contributed by atoms with Crippen molar-refractivity contribution >= 4 is 23.2 Å². The Labute approximate surface area is 121 Å². The largest absolute Gasteiger partial charge is 0.393 e. The molecule has 0 aliphatic heterocycles. The molecule has 2 aromatic rings. The van der Waals surface area contributed by atoms with Crippen LogP contribution in [0.5, 0.6) is 0 Å². The van der Waals surface area contributed by atoms with E-state index in [1.54, 1.807) is 19.0 Å². The molecule has 0 saturated carbocycles. The fourth-order valence-electron chi connectivity index (χ4n) is 1.63. The first-order valence-corrected chi connectivity index (χ1v) is 6.08. The summed E-state index contributed by atoms with van der Waals surface area (Å²) >= 11 is 0. The molecule has 7 nitrogen and oxygen atoms in total. The molecule has 1 heterocycles. The molecule has 0 spiro atoms. The first-order chi connectivity index (χ1) is 9.99. The van der Waals surface area contributed by atoms with E-state index in [0.717, 1.165) is 0 Å². The molecular weight excluding hydrogens is 275 g/mol. The highest BCUT2D eigenvalue weighted by Gasteiger charge is 2.11. The number of halogens is 1. The summed E-state index contributed by atoms with van der Waals surface area (Å²) in [6.07, 6.45) is 1.33. The fraction of sp³-hybridized carbons (Fsp3) is 0.154. The third-order valence-electron chi connectivity index (χ3n) is 2.69. The van der Waals surface area contributed by atoms with Crippen LogP contribution < -0.4 is 21.5 Å². The van der Waals surface area contributed by atoms with Crippen LogP contribution in [-0.2, 0) is 0 Å². The predicted octanol–water partition coefficient (Wildman–Crippen LogP) is 1.02. The molecule has 0 fully saturated rings. The van der Waals surface area contributed by atoms with Gasteiger partial charge in [0.1, 0.15) is 17.8 Å². The quantitative estimate of drug-likeness (QED) is 0.728. The van der Waals surface area contributed by atoms with Gasteiger partial charge in [-0.15, -0.1) is 0 Å². The van der Waals surface area contributed by atoms with Crippen LogP contribution in [0.4, 0.5) is 21.7 Å². The average Bonchev–Trinajstić information content (AvgIpc) is 2.46. The van der Waals surface area contributed by atoms with Gasteiger partial charge in [0.2, 0.25) is 0 Å². The first-order valence-electron chi connectivity index (χ1n) is 6.08. The van der Waals surface area contributed by atoms with Gasteiger partial charge in [0.15, 0.2) is 11.6 Å². The molecule has 1 aromatic carbocycles. The summed E-state index contributed by atoms with van der Waals surface area (Å²) in [5, 5.41) is 0. The zero-order valence-electron chi connectivity index (χ0n) is 11.6. The minimum atomic E-state index is -0.431. The Bertz CT molecular complexity index is 644. The summed E-state index contributed by atoms with van der Waals surface area (Å²) in [7, 11) is 3.58. The topological polar surface area (TPSA) is 96.2 Å². The molecule has 8 heteroatoms. The van der Waals surface area contributed by atoms with Gasteiger partial charge < -0.3 is 10.6 Å². The lowest BCUT2D eigenvalue weighted by atomic mass is 10.2. The first kappa shape index (κ1) is 14.5. The molecule has 0 aliphatic rings. The average molecular weight is 290 g/mol. The van der Waals surface area contributed by atoms with E-state index in [1.807, 2.05) is 0 Å². The summed E-state index contributed by atoms with van der Waals surface area (Å²) in [6, 6.07) is 5.16. The van der Waals surface area contributed by atoms with E-state index in [4.69, 9.17) is 5.73 Å². The SMILES string of the molecule is CN(C)c1ncnc(NNC(=O)c2ccc(F)cc2)c1N. The summed E-state index contributed by atoms with van der Waals surface area (Å²) in [4.78, 5) is 21.6. The van der Waals surface area contributed by atoms with Gasteiger partial charge in [-0.2, -0.15) is 0 Å². The van der Waals surface area contributed by atoms with E-state index in [9.17, 15) is 9.18 Å². The van der Waals surface area contributed by atoms with Gasteiger partial charge in [0.05, 0.1) is 0 Å². The number of carbonyl (C=O) groups excluding carboxylic acids is 1. The second kappa shape index (κ2) is 6.04. The molecule has 4 N–H and O–H groups in total. The summed E-state index contributed by atoms with van der Waals surface area (Å²) in [5.41, 5.74) is 11.6. The maximum Gasteiger partial charge on any atom is 0.269 e. The van der Waals surface area contributed by atoms with Crippen molar-refractivity contribution in [3.8, 4) is 0 Å². The van der Waals surface area contributed by atoms with Crippen LogP contribution in [0.25, 0.3) is 0 Å². The summed E-state index contributed by atoms with van der Waals surface area (Å²) in [5.74, 6) is -0.0257. The Morgan fingerprint density at radius 2 is 1.90 bits per heavy atom. The Kier molecular flexibility index (Phi) is 4.17. The number of aromatic nitrogens is 2. The number of amides is 1. The molecule has 1 aromatic heterocycles. The Balaban J connectivity index is 2.08. The number of anilines is 3. The van der Waals surface area contributed by atoms with Crippen molar-refractivity contribution in [3.05, 3.63) is 42.0 Å². The van der Waals surface area contributed by atoms with Crippen molar-refractivity contribution in [2.75, 3.05) is 30.2 Å². The van der Waals surface area contributed by atoms with Gasteiger partial charge in [0, 0.05) is 19.7 Å². The molecule has 0 atom stereocenters. The zero-order valence-corrected chi connectivity index (χ0v) is 11.6. The lowest BCUT2D eigenvalue weighted by Gasteiger charge is -2.16. The number of benzene rings is 1. The normalized spacial score (nSPS) is 10.0. The highest BCUT2D eigenvalue weighted by molar-refractivity contribution is 5.95. The maximum absolute atomic E-state index is 12.8. The van der Waals surface area contributed by atoms with Gasteiger partial charge in [-0.3, -0.25) is 15.6 Å². The van der Waals surface area contributed by atoms with E-state index >= 15 is 0 Å². The fourth-order valence-corrected chi connectivity index (χ4v) is 1.63. The molecule has 110 valence electrons. The summed E-state index contributed by atoms with van der Waals surface area (Å²) in [6.45, 7) is 0. The number of nitrogens with zero attached hydrogens (tertiary/aromatic N) is 3. The molecule has 0 radical (unpaired) electrons. The lowest BCUT2D eigenvalue weighted by molar-refractivity contribution is 0.0962. The molecule has 0 saturated heterocycles. The number of hydrogen-bond donors (Lipinski definition) is 3. The van der Waals surface area contributed by atoms with Crippen molar-refractivity contribution in [1.82, 2.24) is 15.4 Å². The summed E-state index contributed by atoms with van der Waals surface area (Å²) < 4.78 is 12.8. The second-order valence-corrected chi connectivity index (χ2v) is 4.44. The molecule has 0 unspecified atom stereocenters. The molecule has 21 heavy (non-hydrogen) atoms. The van der Waals surface area contributed by atoms with Crippen molar-refractivity contribution in [2.24, 2.45) is 0 Å². The Morgan fingerprint density at radius 1 is 1.24 bits per heavy atom. The molecule has 0 aliphatic carbocycles. The Morgan fingerprint density at radius 3 is 2.52 bits per heavy atom.